The summed E-state index contributed by atoms with van der Waals surface area (Å²) in [6, 6.07) is 26.6. The van der Waals surface area contributed by atoms with Crippen LogP contribution >= 0.6 is 23.1 Å². The number of nitrogens with zero attached hydrogens (tertiary/aromatic N) is 3. The molecule has 228 valence electrons. The monoisotopic (exact) mass is 635 g/mol. The molecule has 0 aliphatic carbocycles. The summed E-state index contributed by atoms with van der Waals surface area (Å²) in [6.45, 7) is 6.49. The summed E-state index contributed by atoms with van der Waals surface area (Å²) < 4.78 is 6.53. The van der Waals surface area contributed by atoms with Crippen molar-refractivity contribution in [2.75, 3.05) is 11.5 Å². The molecule has 2 heterocycles. The zero-order valence-corrected chi connectivity index (χ0v) is 27.0. The molecule has 0 saturated carbocycles. The van der Waals surface area contributed by atoms with Crippen molar-refractivity contribution >= 4 is 56.5 Å². The van der Waals surface area contributed by atoms with Crippen molar-refractivity contribution in [3.8, 4) is 5.75 Å². The highest BCUT2D eigenvalue weighted by Gasteiger charge is 2.48. The normalized spacial score (nSPS) is 16.1. The summed E-state index contributed by atoms with van der Waals surface area (Å²) in [5.74, 6) is -0.356. The van der Waals surface area contributed by atoms with Crippen LogP contribution in [0.15, 0.2) is 94.8 Å². The van der Waals surface area contributed by atoms with Crippen LogP contribution in [0.1, 0.15) is 53.6 Å². The molecule has 45 heavy (non-hydrogen) atoms. The molecule has 1 fully saturated rings. The van der Waals surface area contributed by atoms with E-state index in [9.17, 15) is 14.7 Å². The lowest BCUT2D eigenvalue weighted by Gasteiger charge is -2.23. The molecule has 1 aliphatic heterocycles. The van der Waals surface area contributed by atoms with Crippen LogP contribution in [0.2, 0.25) is 0 Å². The highest BCUT2D eigenvalue weighted by Crippen LogP contribution is 2.44. The molecule has 1 atom stereocenters. The van der Waals surface area contributed by atoms with Crippen molar-refractivity contribution in [1.82, 2.24) is 10.2 Å². The molecule has 1 N–H and O–H groups in total. The third-order valence-electron chi connectivity index (χ3n) is 7.89. The van der Waals surface area contributed by atoms with Crippen LogP contribution in [0, 0.1) is 13.8 Å². The first kappa shape index (κ1) is 30.6. The van der Waals surface area contributed by atoms with E-state index in [0.29, 0.717) is 38.7 Å². The molecule has 4 aromatic carbocycles. The Morgan fingerprint density at radius 2 is 1.76 bits per heavy atom. The predicted octanol–water partition coefficient (Wildman–Crippen LogP) is 8.41. The van der Waals surface area contributed by atoms with Crippen LogP contribution < -0.4 is 9.64 Å². The number of hydrogen-bond acceptors (Lipinski definition) is 8. The Labute approximate surface area is 270 Å². The Morgan fingerprint density at radius 1 is 0.978 bits per heavy atom. The van der Waals surface area contributed by atoms with Crippen molar-refractivity contribution < 1.29 is 19.4 Å². The molecule has 1 unspecified atom stereocenters. The van der Waals surface area contributed by atoms with E-state index in [1.807, 2.05) is 74.5 Å². The number of anilines is 1. The van der Waals surface area contributed by atoms with E-state index in [-0.39, 0.29) is 11.3 Å². The van der Waals surface area contributed by atoms with Gasteiger partial charge in [0, 0.05) is 11.3 Å². The number of amides is 1. The summed E-state index contributed by atoms with van der Waals surface area (Å²) in [5, 5.41) is 23.0. The largest absolute Gasteiger partial charge is 0.507 e. The number of aliphatic hydroxyl groups excluding tert-OH is 1. The van der Waals surface area contributed by atoms with Gasteiger partial charge in [-0.15, -0.1) is 10.2 Å². The van der Waals surface area contributed by atoms with Gasteiger partial charge in [0.15, 0.2) is 4.34 Å². The van der Waals surface area contributed by atoms with E-state index in [1.54, 1.807) is 0 Å². The Kier molecular flexibility index (Phi) is 9.00. The minimum absolute atomic E-state index is 0.0218. The van der Waals surface area contributed by atoms with E-state index in [0.717, 1.165) is 24.0 Å². The van der Waals surface area contributed by atoms with Crippen LogP contribution in [0.25, 0.3) is 16.5 Å². The van der Waals surface area contributed by atoms with E-state index in [1.165, 1.54) is 44.3 Å². The number of thioether (sulfide) groups is 1. The number of fused-ring (bicyclic) bond motifs is 1. The molecular weight excluding hydrogens is 603 g/mol. The van der Waals surface area contributed by atoms with Crippen LogP contribution in [-0.4, -0.2) is 33.6 Å². The maximum absolute atomic E-state index is 13.7. The Morgan fingerprint density at radius 3 is 2.56 bits per heavy atom. The molecule has 1 saturated heterocycles. The van der Waals surface area contributed by atoms with E-state index < -0.39 is 17.7 Å². The number of aryl methyl sites for hydroxylation is 2. The van der Waals surface area contributed by atoms with E-state index in [2.05, 4.69) is 41.4 Å². The van der Waals surface area contributed by atoms with Gasteiger partial charge in [-0.05, 0) is 65.9 Å². The van der Waals surface area contributed by atoms with Gasteiger partial charge in [0.25, 0.3) is 5.78 Å². The predicted molar refractivity (Wildman–Crippen MR) is 181 cm³/mol. The Bertz CT molecular complexity index is 1910. The lowest BCUT2D eigenvalue weighted by atomic mass is 9.93. The van der Waals surface area contributed by atoms with Crippen LogP contribution in [0.5, 0.6) is 5.75 Å². The second-order valence-electron chi connectivity index (χ2n) is 11.0. The molecule has 1 aromatic heterocycles. The Hall–Kier alpha value is -4.47. The highest BCUT2D eigenvalue weighted by atomic mass is 32.2. The first-order valence-electron chi connectivity index (χ1n) is 14.9. The van der Waals surface area contributed by atoms with Gasteiger partial charge in [-0.25, -0.2) is 0 Å². The smallest absolute Gasteiger partial charge is 0.301 e. The quantitative estimate of drug-likeness (QED) is 0.0411. The number of carbonyl (C=O) groups excluding carboxylic acids is 2. The minimum atomic E-state index is -0.890. The van der Waals surface area contributed by atoms with Crippen molar-refractivity contribution in [3.63, 3.8) is 0 Å². The second-order valence-corrected chi connectivity index (χ2v) is 13.2. The summed E-state index contributed by atoms with van der Waals surface area (Å²) in [7, 11) is 0. The van der Waals surface area contributed by atoms with Gasteiger partial charge in [0.1, 0.15) is 11.5 Å². The van der Waals surface area contributed by atoms with E-state index >= 15 is 0 Å². The topological polar surface area (TPSA) is 92.6 Å². The first-order valence-corrected chi connectivity index (χ1v) is 16.7. The van der Waals surface area contributed by atoms with Gasteiger partial charge in [-0.3, -0.25) is 14.5 Å². The lowest BCUT2D eigenvalue weighted by molar-refractivity contribution is -0.132. The Balaban J connectivity index is 1.36. The number of hydrogen-bond donors (Lipinski definition) is 1. The van der Waals surface area contributed by atoms with Gasteiger partial charge < -0.3 is 9.84 Å². The van der Waals surface area contributed by atoms with Crippen LogP contribution in [0.3, 0.4) is 0 Å². The molecule has 0 radical (unpaired) electrons. The highest BCUT2D eigenvalue weighted by molar-refractivity contribution is 8.00. The molecular formula is C36H33N3O4S2. The van der Waals surface area contributed by atoms with Crippen molar-refractivity contribution in [1.29, 1.82) is 0 Å². The number of unbranched alkanes of at least 4 members (excludes halogenated alkanes) is 1. The number of ether oxygens (including phenoxy) is 1. The van der Waals surface area contributed by atoms with Crippen LogP contribution in [0.4, 0.5) is 5.13 Å². The SMILES string of the molecule is CCCCOc1ccc(C2C(=C(O)c3cc(C)ccc3C)C(=O)C(=O)N2c2nnc(SCc3cccc4ccccc34)s2)cc1. The summed E-state index contributed by atoms with van der Waals surface area (Å²) in [6.07, 6.45) is 1.96. The number of rotatable bonds is 10. The minimum Gasteiger partial charge on any atom is -0.507 e. The number of aliphatic hydroxyl groups is 1. The van der Waals surface area contributed by atoms with Gasteiger partial charge in [0.05, 0.1) is 18.2 Å². The third kappa shape index (κ3) is 6.23. The maximum Gasteiger partial charge on any atom is 0.301 e. The summed E-state index contributed by atoms with van der Waals surface area (Å²) in [4.78, 5) is 28.8. The van der Waals surface area contributed by atoms with Gasteiger partial charge in [-0.2, -0.15) is 0 Å². The first-order chi connectivity index (χ1) is 21.9. The molecule has 9 heteroatoms. The van der Waals surface area contributed by atoms with Crippen molar-refractivity contribution in [2.45, 2.75) is 49.7 Å². The van der Waals surface area contributed by atoms with Crippen molar-refractivity contribution in [3.05, 3.63) is 118 Å². The fraction of sp³-hybridized carbons (Fsp3) is 0.222. The number of ketones is 1. The van der Waals surface area contributed by atoms with Crippen molar-refractivity contribution in [2.24, 2.45) is 0 Å². The average Bonchev–Trinajstić information content (AvgIpc) is 3.63. The molecule has 1 amide bonds. The molecule has 1 aliphatic rings. The number of carbonyl (C=O) groups is 2. The lowest BCUT2D eigenvalue weighted by Crippen LogP contribution is -2.29. The third-order valence-corrected chi connectivity index (χ3v) is 9.99. The van der Waals surface area contributed by atoms with Gasteiger partial charge in [-0.1, -0.05) is 109 Å². The fourth-order valence-electron chi connectivity index (χ4n) is 5.48. The number of Topliss-reactive ketones (excluding diaryl/α,β-unsaturated/α-hetero) is 1. The molecule has 6 rings (SSSR count). The zero-order chi connectivity index (χ0) is 31.5. The fourth-order valence-corrected chi connectivity index (χ4v) is 7.35. The van der Waals surface area contributed by atoms with Gasteiger partial charge >= 0.3 is 5.91 Å². The standard InChI is InChI=1S/C36H33N3O4S2/c1-4-5-19-43-27-17-15-25(16-18-27)31-30(32(40)29-20-22(2)13-14-23(29)3)33(41)34(42)39(31)35-37-38-36(45-35)44-21-26-11-8-10-24-9-6-7-12-28(24)26/h6-18,20,31,40H,4-5,19,21H2,1-3H3. The number of aromatic nitrogens is 2. The molecule has 0 spiro atoms. The number of benzene rings is 4. The average molecular weight is 636 g/mol. The molecule has 0 bridgehead atoms. The second kappa shape index (κ2) is 13.3. The van der Waals surface area contributed by atoms with Gasteiger partial charge in [0.2, 0.25) is 5.13 Å². The van der Waals surface area contributed by atoms with E-state index in [4.69, 9.17) is 4.74 Å². The summed E-state index contributed by atoms with van der Waals surface area (Å²) >= 11 is 2.79. The molecule has 7 nitrogen and oxygen atoms in total. The zero-order valence-electron chi connectivity index (χ0n) is 25.3. The summed E-state index contributed by atoms with van der Waals surface area (Å²) in [5.41, 5.74) is 4.09. The molecule has 5 aromatic rings. The van der Waals surface area contributed by atoms with Crippen LogP contribution in [-0.2, 0) is 15.3 Å². The maximum atomic E-state index is 13.7.